The molecule has 5 nitrogen and oxygen atoms in total. The van der Waals surface area contributed by atoms with Crippen LogP contribution in [0.1, 0.15) is 52.9 Å². The number of aryl methyl sites for hydroxylation is 1. The molecule has 34 heavy (non-hydrogen) atoms. The Balaban J connectivity index is 1.22. The van der Waals surface area contributed by atoms with Gasteiger partial charge >= 0.3 is 0 Å². The van der Waals surface area contributed by atoms with Gasteiger partial charge in [-0.05, 0) is 67.6 Å². The van der Waals surface area contributed by atoms with E-state index in [9.17, 15) is 4.79 Å². The molecule has 0 saturated carbocycles. The van der Waals surface area contributed by atoms with Crippen molar-refractivity contribution < 1.29 is 23.7 Å². The molecule has 3 unspecified atom stereocenters. The first kappa shape index (κ1) is 22.8. The van der Waals surface area contributed by atoms with Crippen LogP contribution in [-0.4, -0.2) is 30.1 Å². The third kappa shape index (κ3) is 5.07. The largest absolute Gasteiger partial charge is 0.489 e. The maximum absolute atomic E-state index is 13.1. The zero-order chi connectivity index (χ0) is 23.7. The predicted molar refractivity (Wildman–Crippen MR) is 129 cm³/mol. The molecule has 0 radical (unpaired) electrons. The topological polar surface area (TPSA) is 54.0 Å². The molecule has 5 heteroatoms. The molecule has 2 heterocycles. The minimum atomic E-state index is -0.664. The molecule has 3 aromatic rings. The summed E-state index contributed by atoms with van der Waals surface area (Å²) < 4.78 is 23.4. The van der Waals surface area contributed by atoms with Crippen LogP contribution in [0.15, 0.2) is 72.8 Å². The number of fused-ring (bicyclic) bond motifs is 1. The van der Waals surface area contributed by atoms with E-state index in [-0.39, 0.29) is 11.9 Å². The van der Waals surface area contributed by atoms with Crippen LogP contribution < -0.4 is 4.74 Å². The molecule has 5 rings (SSSR count). The smallest absolute Gasteiger partial charge is 0.191 e. The summed E-state index contributed by atoms with van der Waals surface area (Å²) in [7, 11) is 0. The van der Waals surface area contributed by atoms with Gasteiger partial charge in [0.15, 0.2) is 17.9 Å². The van der Waals surface area contributed by atoms with Crippen LogP contribution in [0.2, 0.25) is 0 Å². The number of carbonyl (C=O) groups excluding carboxylic acids is 1. The lowest BCUT2D eigenvalue weighted by molar-refractivity contribution is -0.199. The minimum Gasteiger partial charge on any atom is -0.489 e. The first-order valence-electron chi connectivity index (χ1n) is 11.8. The van der Waals surface area contributed by atoms with Crippen molar-refractivity contribution in [1.82, 2.24) is 0 Å². The van der Waals surface area contributed by atoms with Crippen molar-refractivity contribution >= 4 is 5.78 Å². The summed E-state index contributed by atoms with van der Waals surface area (Å²) in [5.74, 6) is 0.151. The van der Waals surface area contributed by atoms with E-state index in [1.165, 1.54) is 0 Å². The van der Waals surface area contributed by atoms with Gasteiger partial charge in [0.2, 0.25) is 0 Å². The van der Waals surface area contributed by atoms with Crippen LogP contribution in [0, 0.1) is 6.92 Å². The number of carbonyl (C=O) groups is 1. The zero-order valence-corrected chi connectivity index (χ0v) is 19.8. The fourth-order valence-electron chi connectivity index (χ4n) is 4.54. The van der Waals surface area contributed by atoms with Gasteiger partial charge in [-0.3, -0.25) is 4.79 Å². The molecule has 3 atom stereocenters. The summed E-state index contributed by atoms with van der Waals surface area (Å²) in [5, 5.41) is 0. The molecule has 2 fully saturated rings. The van der Waals surface area contributed by atoms with Gasteiger partial charge in [0.25, 0.3) is 0 Å². The normalized spacial score (nSPS) is 23.0. The maximum Gasteiger partial charge on any atom is 0.191 e. The SMILES string of the molecule is Cc1ccc(C(=O)C2CC3OC(C)(C)OC3O2)cc1Cc1ccc(OCc2ccccc2)cc1. The molecule has 0 bridgehead atoms. The molecular formula is C29H30O5. The second-order valence-corrected chi connectivity index (χ2v) is 9.50. The van der Waals surface area contributed by atoms with Gasteiger partial charge in [-0.2, -0.15) is 0 Å². The molecule has 3 aromatic carbocycles. The first-order valence-corrected chi connectivity index (χ1v) is 11.8. The molecule has 0 spiro atoms. The fraction of sp³-hybridized carbons (Fsp3) is 0.345. The third-order valence-corrected chi connectivity index (χ3v) is 6.38. The van der Waals surface area contributed by atoms with E-state index in [0.29, 0.717) is 18.6 Å². The summed E-state index contributed by atoms with van der Waals surface area (Å²) in [6, 6.07) is 24.1. The van der Waals surface area contributed by atoms with Gasteiger partial charge in [-0.25, -0.2) is 0 Å². The first-order chi connectivity index (χ1) is 16.4. The Morgan fingerprint density at radius 2 is 1.74 bits per heavy atom. The quantitative estimate of drug-likeness (QED) is 0.431. The summed E-state index contributed by atoms with van der Waals surface area (Å²) in [5.41, 5.74) is 5.23. The van der Waals surface area contributed by atoms with Crippen LogP contribution >= 0.6 is 0 Å². The number of ketones is 1. The minimum absolute atomic E-state index is 0.0229. The van der Waals surface area contributed by atoms with Crippen molar-refractivity contribution in [1.29, 1.82) is 0 Å². The Morgan fingerprint density at radius 1 is 0.971 bits per heavy atom. The number of hydrogen-bond donors (Lipinski definition) is 0. The highest BCUT2D eigenvalue weighted by Crippen LogP contribution is 2.38. The molecule has 2 aliphatic rings. The van der Waals surface area contributed by atoms with E-state index in [1.807, 2.05) is 62.4 Å². The highest BCUT2D eigenvalue weighted by Gasteiger charge is 2.50. The molecule has 0 aromatic heterocycles. The van der Waals surface area contributed by atoms with Gasteiger partial charge in [0.1, 0.15) is 24.6 Å². The van der Waals surface area contributed by atoms with Crippen molar-refractivity contribution in [2.45, 2.75) is 64.5 Å². The number of rotatable bonds is 7. The van der Waals surface area contributed by atoms with E-state index in [4.69, 9.17) is 18.9 Å². The highest BCUT2D eigenvalue weighted by atomic mass is 16.8. The van der Waals surface area contributed by atoms with Gasteiger partial charge in [0, 0.05) is 12.0 Å². The molecule has 0 N–H and O–H groups in total. The van der Waals surface area contributed by atoms with Gasteiger partial charge in [-0.15, -0.1) is 0 Å². The molecule has 2 saturated heterocycles. The standard InChI is InChI=1S/C29H30O5/c1-19-9-12-22(27(30)25-17-26-28(32-25)34-29(2,3)33-26)16-23(19)15-20-10-13-24(14-11-20)31-18-21-7-5-4-6-8-21/h4-14,16,25-26,28H,15,17-18H2,1-3H3. The average molecular weight is 459 g/mol. The number of Topliss-reactive ketones (excluding diaryl/α,β-unsaturated/α-hetero) is 1. The van der Waals surface area contributed by atoms with Crippen LogP contribution in [0.3, 0.4) is 0 Å². The van der Waals surface area contributed by atoms with E-state index < -0.39 is 18.2 Å². The van der Waals surface area contributed by atoms with Crippen molar-refractivity contribution in [3.63, 3.8) is 0 Å². The molecule has 0 amide bonds. The lowest BCUT2D eigenvalue weighted by Crippen LogP contribution is -2.28. The second kappa shape index (κ2) is 9.34. The van der Waals surface area contributed by atoms with Crippen molar-refractivity contribution in [3.05, 3.63) is 101 Å². The van der Waals surface area contributed by atoms with Gasteiger partial charge < -0.3 is 18.9 Å². The van der Waals surface area contributed by atoms with Crippen LogP contribution in [0.4, 0.5) is 0 Å². The summed E-state index contributed by atoms with van der Waals surface area (Å²) >= 11 is 0. The highest BCUT2D eigenvalue weighted by molar-refractivity contribution is 6.00. The van der Waals surface area contributed by atoms with E-state index in [2.05, 4.69) is 31.2 Å². The van der Waals surface area contributed by atoms with Gasteiger partial charge in [0.05, 0.1) is 0 Å². The second-order valence-electron chi connectivity index (χ2n) is 9.50. The van der Waals surface area contributed by atoms with Crippen molar-refractivity contribution in [3.8, 4) is 5.75 Å². The lowest BCUT2D eigenvalue weighted by atomic mass is 9.95. The van der Waals surface area contributed by atoms with Crippen LogP contribution in [0.5, 0.6) is 5.75 Å². The lowest BCUT2D eigenvalue weighted by Gasteiger charge is -2.20. The zero-order valence-electron chi connectivity index (χ0n) is 19.8. The molecule has 2 aliphatic heterocycles. The van der Waals surface area contributed by atoms with Crippen LogP contribution in [0.25, 0.3) is 0 Å². The van der Waals surface area contributed by atoms with E-state index in [0.717, 1.165) is 34.4 Å². The van der Waals surface area contributed by atoms with E-state index in [1.54, 1.807) is 0 Å². The average Bonchev–Trinajstić information content (AvgIpc) is 3.34. The van der Waals surface area contributed by atoms with Gasteiger partial charge in [-0.1, -0.05) is 54.6 Å². The monoisotopic (exact) mass is 458 g/mol. The molecule has 176 valence electrons. The Kier molecular flexibility index (Phi) is 6.26. The van der Waals surface area contributed by atoms with Crippen LogP contribution in [-0.2, 0) is 27.2 Å². The van der Waals surface area contributed by atoms with Crippen molar-refractivity contribution in [2.75, 3.05) is 0 Å². The predicted octanol–water partition coefficient (Wildman–Crippen LogP) is 5.61. The fourth-order valence-corrected chi connectivity index (χ4v) is 4.54. The Morgan fingerprint density at radius 3 is 2.47 bits per heavy atom. The number of hydrogen-bond acceptors (Lipinski definition) is 5. The van der Waals surface area contributed by atoms with Crippen molar-refractivity contribution in [2.24, 2.45) is 0 Å². The number of ether oxygens (including phenoxy) is 4. The molecule has 0 aliphatic carbocycles. The molecular weight excluding hydrogens is 428 g/mol. The Bertz CT molecular complexity index is 1140. The Hall–Kier alpha value is -2.99. The Labute approximate surface area is 200 Å². The summed E-state index contributed by atoms with van der Waals surface area (Å²) in [6.45, 7) is 6.34. The third-order valence-electron chi connectivity index (χ3n) is 6.38. The number of benzene rings is 3. The summed E-state index contributed by atoms with van der Waals surface area (Å²) in [4.78, 5) is 13.1. The van der Waals surface area contributed by atoms with E-state index >= 15 is 0 Å². The maximum atomic E-state index is 13.1. The summed E-state index contributed by atoms with van der Waals surface area (Å²) in [6.07, 6.45) is 0.0413.